The second-order valence-corrected chi connectivity index (χ2v) is 7.97. The lowest BCUT2D eigenvalue weighted by atomic mass is 10.00. The van der Waals surface area contributed by atoms with E-state index in [2.05, 4.69) is 45.6 Å². The topological polar surface area (TPSA) is 61.8 Å². The van der Waals surface area contributed by atoms with Crippen molar-refractivity contribution in [2.75, 3.05) is 38.2 Å². The summed E-state index contributed by atoms with van der Waals surface area (Å²) in [5.41, 5.74) is 2.62. The molecule has 6 heteroatoms. The van der Waals surface area contributed by atoms with Crippen molar-refractivity contribution in [3.05, 3.63) is 42.0 Å². The lowest BCUT2D eigenvalue weighted by molar-refractivity contribution is 0.441. The summed E-state index contributed by atoms with van der Waals surface area (Å²) in [5, 5.41) is 3.15. The van der Waals surface area contributed by atoms with Gasteiger partial charge < -0.3 is 10.2 Å². The highest BCUT2D eigenvalue weighted by Gasteiger charge is 2.16. The summed E-state index contributed by atoms with van der Waals surface area (Å²) in [6.07, 6.45) is 3.17. The standard InChI is InChI=1S/C17H25N3O2S/c1-3-23(21,22)14-11-19-17(18-2)20-12-9-16(10-13-20)15-7-5-4-6-8-15/h4-9H,3,10-14H2,1-2H3,(H,18,19). The van der Waals surface area contributed by atoms with Crippen LogP contribution in [0.5, 0.6) is 0 Å². The minimum absolute atomic E-state index is 0.140. The Morgan fingerprint density at radius 1 is 1.30 bits per heavy atom. The summed E-state index contributed by atoms with van der Waals surface area (Å²) in [6.45, 7) is 3.73. The first kappa shape index (κ1) is 17.5. The number of hydrogen-bond donors (Lipinski definition) is 1. The Labute approximate surface area is 139 Å². The van der Waals surface area contributed by atoms with Crippen LogP contribution in [0, 0.1) is 0 Å². The van der Waals surface area contributed by atoms with Gasteiger partial charge in [0.15, 0.2) is 15.8 Å². The zero-order valence-electron chi connectivity index (χ0n) is 13.8. The summed E-state index contributed by atoms with van der Waals surface area (Å²) < 4.78 is 23.1. The van der Waals surface area contributed by atoms with Crippen molar-refractivity contribution in [1.82, 2.24) is 10.2 Å². The van der Waals surface area contributed by atoms with Crippen molar-refractivity contribution < 1.29 is 8.42 Å². The van der Waals surface area contributed by atoms with E-state index < -0.39 is 9.84 Å². The van der Waals surface area contributed by atoms with Crippen LogP contribution in [0.4, 0.5) is 0 Å². The Kier molecular flexibility index (Phi) is 6.21. The molecule has 1 aromatic carbocycles. The van der Waals surface area contributed by atoms with Crippen LogP contribution in [-0.4, -0.2) is 57.5 Å². The van der Waals surface area contributed by atoms with Gasteiger partial charge in [-0.3, -0.25) is 4.99 Å². The van der Waals surface area contributed by atoms with Gasteiger partial charge in [0.05, 0.1) is 5.75 Å². The van der Waals surface area contributed by atoms with Crippen molar-refractivity contribution in [2.24, 2.45) is 4.99 Å². The van der Waals surface area contributed by atoms with Crippen LogP contribution in [0.2, 0.25) is 0 Å². The van der Waals surface area contributed by atoms with Crippen molar-refractivity contribution in [3.8, 4) is 0 Å². The quantitative estimate of drug-likeness (QED) is 0.658. The lowest BCUT2D eigenvalue weighted by Gasteiger charge is -2.29. The molecule has 0 atom stereocenters. The van der Waals surface area contributed by atoms with Crippen LogP contribution in [0.1, 0.15) is 18.9 Å². The average Bonchev–Trinajstić information content (AvgIpc) is 2.60. The van der Waals surface area contributed by atoms with Crippen molar-refractivity contribution in [3.63, 3.8) is 0 Å². The van der Waals surface area contributed by atoms with Crippen molar-refractivity contribution in [1.29, 1.82) is 0 Å². The first-order valence-electron chi connectivity index (χ1n) is 7.96. The summed E-state index contributed by atoms with van der Waals surface area (Å²) >= 11 is 0. The molecule has 1 aliphatic heterocycles. The highest BCUT2D eigenvalue weighted by Crippen LogP contribution is 2.21. The van der Waals surface area contributed by atoms with Crippen LogP contribution in [0.3, 0.4) is 0 Å². The molecule has 0 saturated carbocycles. The van der Waals surface area contributed by atoms with Gasteiger partial charge in [0.25, 0.3) is 0 Å². The maximum atomic E-state index is 11.5. The Bertz CT molecular complexity index is 666. The zero-order valence-corrected chi connectivity index (χ0v) is 14.6. The van der Waals surface area contributed by atoms with E-state index >= 15 is 0 Å². The second kappa shape index (κ2) is 8.15. The third-order valence-corrected chi connectivity index (χ3v) is 5.71. The molecule has 0 amide bonds. The minimum Gasteiger partial charge on any atom is -0.355 e. The van der Waals surface area contributed by atoms with Crippen LogP contribution in [0.15, 0.2) is 41.4 Å². The molecule has 126 valence electrons. The number of rotatable bonds is 5. The van der Waals surface area contributed by atoms with Crippen molar-refractivity contribution in [2.45, 2.75) is 13.3 Å². The SMILES string of the molecule is CCS(=O)(=O)CCNC(=NC)N1CC=C(c2ccccc2)CC1. The summed E-state index contributed by atoms with van der Waals surface area (Å²) in [4.78, 5) is 6.41. The molecule has 2 rings (SSSR count). The first-order valence-corrected chi connectivity index (χ1v) is 9.78. The molecule has 0 radical (unpaired) electrons. The molecule has 0 fully saturated rings. The fourth-order valence-corrected chi connectivity index (χ4v) is 3.27. The molecule has 0 saturated heterocycles. The molecule has 1 N–H and O–H groups in total. The van der Waals surface area contributed by atoms with Gasteiger partial charge in [-0.05, 0) is 17.6 Å². The molecule has 1 aliphatic rings. The Balaban J connectivity index is 1.91. The van der Waals surface area contributed by atoms with Gasteiger partial charge in [0.1, 0.15) is 0 Å². The van der Waals surface area contributed by atoms with Gasteiger partial charge in [0, 0.05) is 32.4 Å². The van der Waals surface area contributed by atoms with Gasteiger partial charge in [0.2, 0.25) is 0 Å². The third-order valence-electron chi connectivity index (χ3n) is 4.00. The molecule has 0 bridgehead atoms. The summed E-state index contributed by atoms with van der Waals surface area (Å²) in [5.74, 6) is 1.08. The smallest absolute Gasteiger partial charge is 0.193 e. The van der Waals surface area contributed by atoms with E-state index in [0.29, 0.717) is 6.54 Å². The molecule has 23 heavy (non-hydrogen) atoms. The van der Waals surface area contributed by atoms with Crippen LogP contribution >= 0.6 is 0 Å². The van der Waals surface area contributed by atoms with Gasteiger partial charge in [-0.2, -0.15) is 0 Å². The number of sulfone groups is 1. The monoisotopic (exact) mass is 335 g/mol. The van der Waals surface area contributed by atoms with Crippen molar-refractivity contribution >= 4 is 21.4 Å². The van der Waals surface area contributed by atoms with Crippen LogP contribution < -0.4 is 5.32 Å². The molecule has 5 nitrogen and oxygen atoms in total. The van der Waals surface area contributed by atoms with E-state index in [1.165, 1.54) is 11.1 Å². The van der Waals surface area contributed by atoms with E-state index in [1.54, 1.807) is 14.0 Å². The second-order valence-electron chi connectivity index (χ2n) is 5.50. The van der Waals surface area contributed by atoms with E-state index in [1.807, 2.05) is 6.07 Å². The van der Waals surface area contributed by atoms with E-state index in [4.69, 9.17) is 0 Å². The molecular formula is C17H25N3O2S. The number of benzene rings is 1. The predicted molar refractivity (Wildman–Crippen MR) is 96.3 cm³/mol. The van der Waals surface area contributed by atoms with Gasteiger partial charge in [-0.25, -0.2) is 8.42 Å². The predicted octanol–water partition coefficient (Wildman–Crippen LogP) is 1.79. The highest BCUT2D eigenvalue weighted by atomic mass is 32.2. The molecular weight excluding hydrogens is 310 g/mol. The largest absolute Gasteiger partial charge is 0.355 e. The summed E-state index contributed by atoms with van der Waals surface area (Å²) in [7, 11) is -1.22. The number of aliphatic imine (C=N–C) groups is 1. The number of nitrogens with one attached hydrogen (secondary N) is 1. The fourth-order valence-electron chi connectivity index (χ4n) is 2.57. The Morgan fingerprint density at radius 2 is 2.04 bits per heavy atom. The third kappa shape index (κ3) is 5.10. The average molecular weight is 335 g/mol. The van der Waals surface area contributed by atoms with E-state index in [-0.39, 0.29) is 11.5 Å². The molecule has 0 spiro atoms. The van der Waals surface area contributed by atoms with Crippen LogP contribution in [0.25, 0.3) is 5.57 Å². The maximum absolute atomic E-state index is 11.5. The maximum Gasteiger partial charge on any atom is 0.193 e. The van der Waals surface area contributed by atoms with E-state index in [0.717, 1.165) is 25.5 Å². The van der Waals surface area contributed by atoms with E-state index in [9.17, 15) is 8.42 Å². The van der Waals surface area contributed by atoms with Crippen LogP contribution in [-0.2, 0) is 9.84 Å². The lowest BCUT2D eigenvalue weighted by Crippen LogP contribution is -2.44. The zero-order chi connectivity index (χ0) is 16.7. The summed E-state index contributed by atoms with van der Waals surface area (Å²) in [6, 6.07) is 10.4. The highest BCUT2D eigenvalue weighted by molar-refractivity contribution is 7.91. The molecule has 0 unspecified atom stereocenters. The minimum atomic E-state index is -2.95. The molecule has 0 aliphatic carbocycles. The number of hydrogen-bond acceptors (Lipinski definition) is 3. The number of nitrogens with zero attached hydrogens (tertiary/aromatic N) is 2. The van der Waals surface area contributed by atoms with Gasteiger partial charge in [-0.1, -0.05) is 43.3 Å². The number of guanidine groups is 1. The Hall–Kier alpha value is -1.82. The molecule has 1 heterocycles. The first-order chi connectivity index (χ1) is 11.1. The van der Waals surface area contributed by atoms with Gasteiger partial charge >= 0.3 is 0 Å². The van der Waals surface area contributed by atoms with Gasteiger partial charge in [-0.15, -0.1) is 0 Å². The Morgan fingerprint density at radius 3 is 2.61 bits per heavy atom. The fraction of sp³-hybridized carbons (Fsp3) is 0.471. The molecule has 0 aromatic heterocycles. The normalized spacial score (nSPS) is 16.2. The molecule has 1 aromatic rings.